The molecule has 13 heavy (non-hydrogen) atoms. The second-order valence-electron chi connectivity index (χ2n) is 4.46. The molecule has 0 aromatic rings. The molecule has 0 radical (unpaired) electrons. The van der Waals surface area contributed by atoms with Crippen molar-refractivity contribution >= 4 is 0 Å². The van der Waals surface area contributed by atoms with E-state index in [1.165, 1.54) is 0 Å². The van der Waals surface area contributed by atoms with E-state index in [0.717, 1.165) is 26.1 Å². The topological polar surface area (TPSA) is 41.5 Å². The molecule has 0 amide bonds. The lowest BCUT2D eigenvalue weighted by Gasteiger charge is -2.32. The molecule has 1 aliphatic rings. The largest absolute Gasteiger partial charge is 0.389 e. The number of ether oxygens (including phenoxy) is 1. The predicted molar refractivity (Wildman–Crippen MR) is 52.7 cm³/mol. The van der Waals surface area contributed by atoms with Gasteiger partial charge in [0.15, 0.2) is 0 Å². The molecule has 78 valence electrons. The van der Waals surface area contributed by atoms with Crippen molar-refractivity contribution in [1.29, 1.82) is 0 Å². The SMILES string of the molecule is CC(NC1CCCOC1)C(C)(C)O. The van der Waals surface area contributed by atoms with Crippen molar-refractivity contribution in [1.82, 2.24) is 5.32 Å². The molecule has 1 saturated heterocycles. The maximum absolute atomic E-state index is 9.71. The Balaban J connectivity index is 2.30. The summed E-state index contributed by atoms with van der Waals surface area (Å²) in [4.78, 5) is 0. The molecule has 3 nitrogen and oxygen atoms in total. The Morgan fingerprint density at radius 1 is 1.54 bits per heavy atom. The highest BCUT2D eigenvalue weighted by Gasteiger charge is 2.25. The van der Waals surface area contributed by atoms with Crippen LogP contribution in [0.4, 0.5) is 0 Å². The van der Waals surface area contributed by atoms with Gasteiger partial charge in [0.25, 0.3) is 0 Å². The molecule has 3 heteroatoms. The van der Waals surface area contributed by atoms with Crippen LogP contribution in [0.25, 0.3) is 0 Å². The normalized spacial score (nSPS) is 27.2. The smallest absolute Gasteiger partial charge is 0.0741 e. The van der Waals surface area contributed by atoms with Gasteiger partial charge in [-0.15, -0.1) is 0 Å². The first-order chi connectivity index (χ1) is 6.00. The zero-order valence-corrected chi connectivity index (χ0v) is 8.84. The summed E-state index contributed by atoms with van der Waals surface area (Å²) in [5.74, 6) is 0. The summed E-state index contributed by atoms with van der Waals surface area (Å²) in [7, 11) is 0. The molecule has 0 saturated carbocycles. The molecule has 1 rings (SSSR count). The number of hydrogen-bond donors (Lipinski definition) is 2. The first-order valence-electron chi connectivity index (χ1n) is 5.06. The van der Waals surface area contributed by atoms with Crippen molar-refractivity contribution < 1.29 is 9.84 Å². The van der Waals surface area contributed by atoms with Gasteiger partial charge in [0.1, 0.15) is 0 Å². The van der Waals surface area contributed by atoms with E-state index in [1.807, 2.05) is 20.8 Å². The minimum absolute atomic E-state index is 0.110. The minimum atomic E-state index is -0.655. The highest BCUT2D eigenvalue weighted by Crippen LogP contribution is 2.12. The molecule has 1 heterocycles. The molecule has 2 atom stereocenters. The Kier molecular flexibility index (Phi) is 3.71. The summed E-state index contributed by atoms with van der Waals surface area (Å²) in [6.45, 7) is 7.33. The van der Waals surface area contributed by atoms with Gasteiger partial charge in [0, 0.05) is 18.7 Å². The molecular formula is C10H21NO2. The lowest BCUT2D eigenvalue weighted by Crippen LogP contribution is -2.51. The van der Waals surface area contributed by atoms with Gasteiger partial charge in [0.05, 0.1) is 12.2 Å². The van der Waals surface area contributed by atoms with Gasteiger partial charge in [-0.3, -0.25) is 0 Å². The van der Waals surface area contributed by atoms with Crippen molar-refractivity contribution in [2.75, 3.05) is 13.2 Å². The van der Waals surface area contributed by atoms with Crippen LogP contribution in [0.5, 0.6) is 0 Å². The van der Waals surface area contributed by atoms with E-state index < -0.39 is 5.60 Å². The van der Waals surface area contributed by atoms with Gasteiger partial charge < -0.3 is 15.2 Å². The quantitative estimate of drug-likeness (QED) is 0.690. The van der Waals surface area contributed by atoms with Crippen molar-refractivity contribution in [3.05, 3.63) is 0 Å². The van der Waals surface area contributed by atoms with Crippen molar-refractivity contribution in [3.63, 3.8) is 0 Å². The maximum Gasteiger partial charge on any atom is 0.0741 e. The third kappa shape index (κ3) is 3.63. The third-order valence-corrected chi connectivity index (χ3v) is 2.71. The first-order valence-corrected chi connectivity index (χ1v) is 5.06. The zero-order chi connectivity index (χ0) is 9.90. The summed E-state index contributed by atoms with van der Waals surface area (Å²) in [5, 5.41) is 13.1. The molecule has 2 N–H and O–H groups in total. The fraction of sp³-hybridized carbons (Fsp3) is 1.00. The summed E-state index contributed by atoms with van der Waals surface area (Å²) in [5.41, 5.74) is -0.655. The van der Waals surface area contributed by atoms with E-state index in [-0.39, 0.29) is 6.04 Å². The van der Waals surface area contributed by atoms with E-state index in [4.69, 9.17) is 4.74 Å². The highest BCUT2D eigenvalue weighted by molar-refractivity contribution is 4.83. The number of hydrogen-bond acceptors (Lipinski definition) is 3. The first kappa shape index (κ1) is 11.0. The average molecular weight is 187 g/mol. The van der Waals surface area contributed by atoms with Gasteiger partial charge in [0.2, 0.25) is 0 Å². The summed E-state index contributed by atoms with van der Waals surface area (Å²) in [6.07, 6.45) is 2.27. The Morgan fingerprint density at radius 3 is 2.69 bits per heavy atom. The average Bonchev–Trinajstić information content (AvgIpc) is 2.04. The van der Waals surface area contributed by atoms with E-state index >= 15 is 0 Å². The lowest BCUT2D eigenvalue weighted by molar-refractivity contribution is 0.0181. The van der Waals surface area contributed by atoms with E-state index in [0.29, 0.717) is 6.04 Å². The van der Waals surface area contributed by atoms with E-state index in [9.17, 15) is 5.11 Å². The van der Waals surface area contributed by atoms with Gasteiger partial charge in [-0.1, -0.05) is 0 Å². The molecule has 0 bridgehead atoms. The van der Waals surface area contributed by atoms with E-state index in [2.05, 4.69) is 5.32 Å². The van der Waals surface area contributed by atoms with Gasteiger partial charge in [-0.25, -0.2) is 0 Å². The summed E-state index contributed by atoms with van der Waals surface area (Å²) < 4.78 is 5.35. The van der Waals surface area contributed by atoms with Crippen LogP contribution in [0.1, 0.15) is 33.6 Å². The van der Waals surface area contributed by atoms with Crippen molar-refractivity contribution in [3.8, 4) is 0 Å². The van der Waals surface area contributed by atoms with Crippen LogP contribution >= 0.6 is 0 Å². The Morgan fingerprint density at radius 2 is 2.23 bits per heavy atom. The molecule has 2 unspecified atom stereocenters. The minimum Gasteiger partial charge on any atom is -0.389 e. The zero-order valence-electron chi connectivity index (χ0n) is 8.84. The summed E-state index contributed by atoms with van der Waals surface area (Å²) >= 11 is 0. The molecular weight excluding hydrogens is 166 g/mol. The van der Waals surface area contributed by atoms with Gasteiger partial charge in [-0.2, -0.15) is 0 Å². The number of nitrogens with one attached hydrogen (secondary N) is 1. The van der Waals surface area contributed by atoms with Gasteiger partial charge >= 0.3 is 0 Å². The summed E-state index contributed by atoms with van der Waals surface area (Å²) in [6, 6.07) is 0.523. The lowest BCUT2D eigenvalue weighted by atomic mass is 9.99. The number of rotatable bonds is 3. The molecule has 0 spiro atoms. The van der Waals surface area contributed by atoms with Crippen LogP contribution in [-0.4, -0.2) is 36.0 Å². The Labute approximate surface area is 80.5 Å². The molecule has 1 aliphatic heterocycles. The Hall–Kier alpha value is -0.120. The Bertz CT molecular complexity index is 147. The molecule has 0 aromatic carbocycles. The van der Waals surface area contributed by atoms with Crippen molar-refractivity contribution in [2.24, 2.45) is 0 Å². The van der Waals surface area contributed by atoms with E-state index in [1.54, 1.807) is 0 Å². The van der Waals surface area contributed by atoms with Crippen LogP contribution in [-0.2, 0) is 4.74 Å². The van der Waals surface area contributed by atoms with Crippen LogP contribution in [0.2, 0.25) is 0 Å². The second kappa shape index (κ2) is 4.40. The third-order valence-electron chi connectivity index (χ3n) is 2.71. The fourth-order valence-corrected chi connectivity index (χ4v) is 1.43. The molecule has 0 aromatic heterocycles. The highest BCUT2D eigenvalue weighted by atomic mass is 16.5. The number of aliphatic hydroxyl groups is 1. The molecule has 0 aliphatic carbocycles. The van der Waals surface area contributed by atoms with Crippen LogP contribution in [0.3, 0.4) is 0 Å². The van der Waals surface area contributed by atoms with Crippen molar-refractivity contribution in [2.45, 2.75) is 51.3 Å². The standard InChI is InChI=1S/C10H21NO2/c1-8(10(2,3)12)11-9-5-4-6-13-7-9/h8-9,11-12H,4-7H2,1-3H3. The monoisotopic (exact) mass is 187 g/mol. The maximum atomic E-state index is 9.71. The van der Waals surface area contributed by atoms with Crippen LogP contribution < -0.4 is 5.32 Å². The second-order valence-corrected chi connectivity index (χ2v) is 4.46. The van der Waals surface area contributed by atoms with Crippen LogP contribution in [0.15, 0.2) is 0 Å². The molecule has 1 fully saturated rings. The fourth-order valence-electron chi connectivity index (χ4n) is 1.43. The van der Waals surface area contributed by atoms with Crippen LogP contribution in [0, 0.1) is 0 Å². The van der Waals surface area contributed by atoms with Gasteiger partial charge in [-0.05, 0) is 33.6 Å². The predicted octanol–water partition coefficient (Wildman–Crippen LogP) is 0.914.